The van der Waals surface area contributed by atoms with Crippen LogP contribution in [-0.4, -0.2) is 30.9 Å². The molecule has 1 N–H and O–H groups in total. The molecule has 5 nitrogen and oxygen atoms in total. The van der Waals surface area contributed by atoms with Crippen LogP contribution in [0.3, 0.4) is 0 Å². The molecule has 1 heterocycles. The first-order valence-electron chi connectivity index (χ1n) is 11.1. The molecule has 0 aromatic heterocycles. The first kappa shape index (κ1) is 23.9. The number of para-hydroxylation sites is 1. The standard InChI is InChI=1S/C27H34O5/c1-16(2)19-10-12-20(13-11-19)23-14-22(17(3)4)26(32-18(23)5)21-8-7-9-24(30-6)27(21)31-15-25(28)29/h7-13,16,18,22-23,26H,3,14-15H2,1-2,4-6H3,(H,28,29)/t18-,22+,23-,26+/m0/s1. The Kier molecular flexibility index (Phi) is 7.62. The van der Waals surface area contributed by atoms with Crippen molar-refractivity contribution in [1.29, 1.82) is 0 Å². The largest absolute Gasteiger partial charge is 0.493 e. The molecule has 0 amide bonds. The van der Waals surface area contributed by atoms with Crippen molar-refractivity contribution in [3.8, 4) is 11.5 Å². The lowest BCUT2D eigenvalue weighted by molar-refractivity contribution is -0.139. The van der Waals surface area contributed by atoms with Crippen LogP contribution in [0.2, 0.25) is 0 Å². The molecule has 0 unspecified atom stereocenters. The second-order valence-corrected chi connectivity index (χ2v) is 8.94. The summed E-state index contributed by atoms with van der Waals surface area (Å²) < 4.78 is 17.7. The zero-order chi connectivity index (χ0) is 23.4. The van der Waals surface area contributed by atoms with Gasteiger partial charge in [-0.15, -0.1) is 0 Å². The Hall–Kier alpha value is -2.79. The van der Waals surface area contributed by atoms with Crippen LogP contribution in [0, 0.1) is 5.92 Å². The highest BCUT2D eigenvalue weighted by Crippen LogP contribution is 2.49. The van der Waals surface area contributed by atoms with Crippen molar-refractivity contribution in [2.75, 3.05) is 13.7 Å². The predicted molar refractivity (Wildman–Crippen MR) is 126 cm³/mol. The van der Waals surface area contributed by atoms with Gasteiger partial charge in [0.2, 0.25) is 0 Å². The summed E-state index contributed by atoms with van der Waals surface area (Å²) in [7, 11) is 1.55. The summed E-state index contributed by atoms with van der Waals surface area (Å²) in [5.74, 6) is 0.658. The Bertz CT molecular complexity index is 947. The number of carboxylic acids is 1. The van der Waals surface area contributed by atoms with Gasteiger partial charge in [-0.05, 0) is 43.4 Å². The number of benzene rings is 2. The zero-order valence-electron chi connectivity index (χ0n) is 19.6. The third kappa shape index (κ3) is 5.16. The van der Waals surface area contributed by atoms with E-state index in [0.29, 0.717) is 17.4 Å². The molecule has 3 rings (SSSR count). The number of rotatable bonds is 8. The fourth-order valence-corrected chi connectivity index (χ4v) is 4.50. The minimum Gasteiger partial charge on any atom is -0.493 e. The van der Waals surface area contributed by atoms with E-state index in [1.54, 1.807) is 13.2 Å². The fourth-order valence-electron chi connectivity index (χ4n) is 4.50. The van der Waals surface area contributed by atoms with Gasteiger partial charge in [-0.3, -0.25) is 0 Å². The van der Waals surface area contributed by atoms with Crippen molar-refractivity contribution in [3.05, 3.63) is 71.3 Å². The number of hydrogen-bond donors (Lipinski definition) is 1. The third-order valence-electron chi connectivity index (χ3n) is 6.34. The lowest BCUT2D eigenvalue weighted by Gasteiger charge is -2.42. The minimum absolute atomic E-state index is 0.0287. The van der Waals surface area contributed by atoms with E-state index in [-0.39, 0.29) is 24.0 Å². The van der Waals surface area contributed by atoms with E-state index >= 15 is 0 Å². The van der Waals surface area contributed by atoms with E-state index in [9.17, 15) is 4.79 Å². The molecule has 1 fully saturated rings. The van der Waals surface area contributed by atoms with Crippen molar-refractivity contribution in [3.63, 3.8) is 0 Å². The van der Waals surface area contributed by atoms with Gasteiger partial charge < -0.3 is 19.3 Å². The fraction of sp³-hybridized carbons (Fsp3) is 0.444. The Morgan fingerprint density at radius 3 is 2.47 bits per heavy atom. The van der Waals surface area contributed by atoms with Gasteiger partial charge in [0.25, 0.3) is 0 Å². The molecule has 32 heavy (non-hydrogen) atoms. The van der Waals surface area contributed by atoms with Crippen LogP contribution >= 0.6 is 0 Å². The Morgan fingerprint density at radius 1 is 1.22 bits per heavy atom. The average Bonchev–Trinajstić information content (AvgIpc) is 2.77. The van der Waals surface area contributed by atoms with E-state index < -0.39 is 12.6 Å². The van der Waals surface area contributed by atoms with Crippen molar-refractivity contribution in [2.45, 2.75) is 58.2 Å². The molecule has 1 aliphatic heterocycles. The maximum atomic E-state index is 11.1. The normalized spacial score (nSPS) is 23.1. The predicted octanol–water partition coefficient (Wildman–Crippen LogP) is 6.11. The van der Waals surface area contributed by atoms with Gasteiger partial charge in [-0.1, -0.05) is 62.4 Å². The minimum atomic E-state index is -1.04. The molecular formula is C27H34O5. The molecule has 1 aliphatic rings. The summed E-state index contributed by atoms with van der Waals surface area (Å²) in [6.45, 7) is 12.3. The van der Waals surface area contributed by atoms with Crippen LogP contribution in [0.5, 0.6) is 11.5 Å². The molecule has 4 atom stereocenters. The number of methoxy groups -OCH3 is 1. The SMILES string of the molecule is C=C(C)[C@H]1C[C@H](c2ccc(C(C)C)cc2)[C@H](C)O[C@@H]1c1cccc(OC)c1OCC(=O)O. The molecular weight excluding hydrogens is 404 g/mol. The molecule has 0 radical (unpaired) electrons. The highest BCUT2D eigenvalue weighted by Gasteiger charge is 2.39. The van der Waals surface area contributed by atoms with Gasteiger partial charge in [0, 0.05) is 17.4 Å². The van der Waals surface area contributed by atoms with Gasteiger partial charge in [0.05, 0.1) is 19.3 Å². The van der Waals surface area contributed by atoms with Crippen LogP contribution in [0.15, 0.2) is 54.6 Å². The van der Waals surface area contributed by atoms with Gasteiger partial charge in [0.15, 0.2) is 18.1 Å². The quantitative estimate of drug-likeness (QED) is 0.504. The monoisotopic (exact) mass is 438 g/mol. The van der Waals surface area contributed by atoms with Crippen LogP contribution in [0.1, 0.15) is 68.7 Å². The van der Waals surface area contributed by atoms with Crippen molar-refractivity contribution < 1.29 is 24.1 Å². The molecule has 5 heteroatoms. The van der Waals surface area contributed by atoms with Crippen molar-refractivity contribution in [1.82, 2.24) is 0 Å². The van der Waals surface area contributed by atoms with Crippen LogP contribution in [0.4, 0.5) is 0 Å². The second kappa shape index (κ2) is 10.2. The number of carbonyl (C=O) groups is 1. The summed E-state index contributed by atoms with van der Waals surface area (Å²) in [4.78, 5) is 11.1. The molecule has 1 saturated heterocycles. The summed E-state index contributed by atoms with van der Waals surface area (Å²) in [5, 5.41) is 9.13. The zero-order valence-corrected chi connectivity index (χ0v) is 19.6. The number of ether oxygens (including phenoxy) is 3. The lowest BCUT2D eigenvalue weighted by atomic mass is 9.75. The molecule has 0 spiro atoms. The Labute approximate surface area is 191 Å². The lowest BCUT2D eigenvalue weighted by Crippen LogP contribution is -2.34. The van der Waals surface area contributed by atoms with Crippen LogP contribution < -0.4 is 9.47 Å². The average molecular weight is 439 g/mol. The molecule has 2 aromatic rings. The summed E-state index contributed by atoms with van der Waals surface area (Å²) in [5.41, 5.74) is 4.40. The highest BCUT2D eigenvalue weighted by atomic mass is 16.5. The molecule has 172 valence electrons. The van der Waals surface area contributed by atoms with Gasteiger partial charge in [0.1, 0.15) is 0 Å². The maximum Gasteiger partial charge on any atom is 0.341 e. The van der Waals surface area contributed by atoms with Gasteiger partial charge in [-0.2, -0.15) is 0 Å². The van der Waals surface area contributed by atoms with Crippen LogP contribution in [0.25, 0.3) is 0 Å². The maximum absolute atomic E-state index is 11.1. The van der Waals surface area contributed by atoms with Crippen LogP contribution in [-0.2, 0) is 9.53 Å². The number of carboxylic acid groups (broad SMARTS) is 1. The van der Waals surface area contributed by atoms with E-state index in [4.69, 9.17) is 19.3 Å². The first-order chi connectivity index (χ1) is 15.2. The Balaban J connectivity index is 1.94. The molecule has 2 aromatic carbocycles. The van der Waals surface area contributed by atoms with Crippen molar-refractivity contribution in [2.24, 2.45) is 5.92 Å². The van der Waals surface area contributed by atoms with Crippen molar-refractivity contribution >= 4 is 5.97 Å². The van der Waals surface area contributed by atoms with E-state index in [1.165, 1.54) is 11.1 Å². The highest BCUT2D eigenvalue weighted by molar-refractivity contribution is 5.69. The smallest absolute Gasteiger partial charge is 0.341 e. The third-order valence-corrected chi connectivity index (χ3v) is 6.34. The van der Waals surface area contributed by atoms with Gasteiger partial charge in [-0.25, -0.2) is 4.79 Å². The number of aliphatic carboxylic acids is 1. The molecule has 0 bridgehead atoms. The second-order valence-electron chi connectivity index (χ2n) is 8.94. The Morgan fingerprint density at radius 2 is 1.91 bits per heavy atom. The topological polar surface area (TPSA) is 65.0 Å². The molecule has 0 aliphatic carbocycles. The summed E-state index contributed by atoms with van der Waals surface area (Å²) >= 11 is 0. The first-order valence-corrected chi connectivity index (χ1v) is 11.1. The van der Waals surface area contributed by atoms with Gasteiger partial charge >= 0.3 is 5.97 Å². The molecule has 0 saturated carbocycles. The van der Waals surface area contributed by atoms with E-state index in [0.717, 1.165) is 17.6 Å². The van der Waals surface area contributed by atoms with E-state index in [2.05, 4.69) is 51.6 Å². The number of hydrogen-bond acceptors (Lipinski definition) is 4. The van der Waals surface area contributed by atoms with E-state index in [1.807, 2.05) is 19.1 Å². The summed E-state index contributed by atoms with van der Waals surface area (Å²) in [6.07, 6.45) is 0.559. The summed E-state index contributed by atoms with van der Waals surface area (Å²) in [6, 6.07) is 14.4.